The lowest BCUT2D eigenvalue weighted by atomic mass is 10.1. The van der Waals surface area contributed by atoms with Gasteiger partial charge in [-0.3, -0.25) is 9.59 Å². The van der Waals surface area contributed by atoms with E-state index < -0.39 is 6.10 Å². The normalized spacial score (nSPS) is 14.5. The third kappa shape index (κ3) is 5.89. The molecule has 1 unspecified atom stereocenters. The zero-order chi connectivity index (χ0) is 25.5. The average molecular weight is 491 g/mol. The van der Waals surface area contributed by atoms with Crippen LogP contribution in [-0.2, 0) is 16.0 Å². The number of nitrogens with zero attached hydrogens (tertiary/aromatic N) is 1. The van der Waals surface area contributed by atoms with Gasteiger partial charge in [-0.05, 0) is 61.4 Å². The maximum Gasteiger partial charge on any atom is 0.267 e. The number of hydrogen-bond donors (Lipinski definition) is 1. The molecule has 1 aliphatic heterocycles. The van der Waals surface area contributed by atoms with Crippen molar-refractivity contribution in [3.8, 4) is 23.0 Å². The fraction of sp³-hybridized carbons (Fsp3) is 0.286. The van der Waals surface area contributed by atoms with Crippen LogP contribution in [0, 0.1) is 0 Å². The number of hydrogen-bond acceptors (Lipinski definition) is 6. The molecule has 36 heavy (non-hydrogen) atoms. The molecule has 0 radical (unpaired) electrons. The topological polar surface area (TPSA) is 86.3 Å². The van der Waals surface area contributed by atoms with Gasteiger partial charge in [0.05, 0.1) is 26.5 Å². The lowest BCUT2D eigenvalue weighted by molar-refractivity contribution is -0.125. The molecule has 1 aliphatic rings. The second-order valence-corrected chi connectivity index (χ2v) is 8.33. The number of nitrogens with one attached hydrogen (secondary N) is 1. The molecule has 4 rings (SSSR count). The van der Waals surface area contributed by atoms with Gasteiger partial charge in [-0.1, -0.05) is 24.3 Å². The second-order valence-electron chi connectivity index (χ2n) is 8.33. The van der Waals surface area contributed by atoms with Crippen LogP contribution in [-0.4, -0.2) is 45.3 Å². The van der Waals surface area contributed by atoms with Crippen molar-refractivity contribution >= 4 is 23.2 Å². The van der Waals surface area contributed by atoms with Gasteiger partial charge in [-0.2, -0.15) is 0 Å². The van der Waals surface area contributed by atoms with E-state index in [0.717, 1.165) is 11.3 Å². The smallest absolute Gasteiger partial charge is 0.267 e. The summed E-state index contributed by atoms with van der Waals surface area (Å²) in [5.74, 6) is 2.30. The molecule has 0 spiro atoms. The first-order valence-electron chi connectivity index (χ1n) is 11.8. The van der Waals surface area contributed by atoms with Gasteiger partial charge >= 0.3 is 0 Å². The number of ether oxygens (including phenoxy) is 4. The number of amides is 2. The molecule has 0 bridgehead atoms. The van der Waals surface area contributed by atoms with Crippen molar-refractivity contribution in [1.82, 2.24) is 0 Å². The minimum atomic E-state index is -0.601. The summed E-state index contributed by atoms with van der Waals surface area (Å²) in [7, 11) is 3.16. The molecule has 2 amide bonds. The van der Waals surface area contributed by atoms with Crippen LogP contribution in [0.5, 0.6) is 23.0 Å². The summed E-state index contributed by atoms with van der Waals surface area (Å²) in [6, 6.07) is 20.3. The van der Waals surface area contributed by atoms with Crippen LogP contribution < -0.4 is 29.2 Å². The number of benzene rings is 3. The minimum absolute atomic E-state index is 0.139. The van der Waals surface area contributed by atoms with E-state index in [4.69, 9.17) is 18.9 Å². The van der Waals surface area contributed by atoms with E-state index in [1.54, 1.807) is 44.2 Å². The van der Waals surface area contributed by atoms with Gasteiger partial charge < -0.3 is 29.2 Å². The van der Waals surface area contributed by atoms with Crippen molar-refractivity contribution < 1.29 is 28.5 Å². The Morgan fingerprint density at radius 3 is 2.53 bits per heavy atom. The van der Waals surface area contributed by atoms with Gasteiger partial charge in [0, 0.05) is 12.1 Å². The molecule has 1 N–H and O–H groups in total. The molecule has 8 nitrogen and oxygen atoms in total. The Kier molecular flexibility index (Phi) is 7.95. The highest BCUT2D eigenvalue weighted by molar-refractivity contribution is 6.01. The monoisotopic (exact) mass is 490 g/mol. The SMILES string of the molecule is COc1ccc(CCC(=O)Nc2ccc3c(c2)N(CCOc2ccccc2)C(=O)C(C)O3)cc1OC. The molecular weight excluding hydrogens is 460 g/mol. The van der Waals surface area contributed by atoms with Crippen molar-refractivity contribution in [1.29, 1.82) is 0 Å². The first kappa shape index (κ1) is 24.9. The zero-order valence-electron chi connectivity index (χ0n) is 20.7. The summed E-state index contributed by atoms with van der Waals surface area (Å²) >= 11 is 0. The van der Waals surface area contributed by atoms with E-state index >= 15 is 0 Å². The van der Waals surface area contributed by atoms with Crippen LogP contribution >= 0.6 is 0 Å². The van der Waals surface area contributed by atoms with Crippen LogP contribution in [0.1, 0.15) is 18.9 Å². The molecule has 3 aromatic rings. The Morgan fingerprint density at radius 1 is 1.00 bits per heavy atom. The van der Waals surface area contributed by atoms with Crippen LogP contribution in [0.3, 0.4) is 0 Å². The van der Waals surface area contributed by atoms with Crippen molar-refractivity contribution in [3.63, 3.8) is 0 Å². The van der Waals surface area contributed by atoms with Gasteiger partial charge in [0.15, 0.2) is 17.6 Å². The van der Waals surface area contributed by atoms with E-state index in [1.807, 2.05) is 48.5 Å². The van der Waals surface area contributed by atoms with E-state index in [2.05, 4.69) is 5.32 Å². The largest absolute Gasteiger partial charge is 0.493 e. The Hall–Kier alpha value is -4.20. The van der Waals surface area contributed by atoms with Crippen LogP contribution in [0.2, 0.25) is 0 Å². The lowest BCUT2D eigenvalue weighted by Crippen LogP contribution is -2.46. The zero-order valence-corrected chi connectivity index (χ0v) is 20.7. The third-order valence-electron chi connectivity index (χ3n) is 5.87. The number of para-hydroxylation sites is 1. The number of carbonyl (C=O) groups is 2. The average Bonchev–Trinajstić information content (AvgIpc) is 2.90. The summed E-state index contributed by atoms with van der Waals surface area (Å²) in [5.41, 5.74) is 2.16. The molecule has 1 atom stereocenters. The highest BCUT2D eigenvalue weighted by Crippen LogP contribution is 2.36. The molecule has 0 fully saturated rings. The fourth-order valence-corrected chi connectivity index (χ4v) is 4.00. The molecule has 0 aromatic heterocycles. The highest BCUT2D eigenvalue weighted by Gasteiger charge is 2.31. The molecular formula is C28H30N2O6. The van der Waals surface area contributed by atoms with Gasteiger partial charge in [0.2, 0.25) is 5.91 Å². The standard InChI is InChI=1S/C28H30N2O6/c1-19-28(32)30(15-16-35-22-7-5-4-6-8-22)23-18-21(11-13-24(23)36-19)29-27(31)14-10-20-9-12-25(33-2)26(17-20)34-3/h4-9,11-13,17-19H,10,14-16H2,1-3H3,(H,29,31). The van der Waals surface area contributed by atoms with Crippen LogP contribution in [0.25, 0.3) is 0 Å². The van der Waals surface area contributed by atoms with Gasteiger partial charge in [0.25, 0.3) is 5.91 Å². The first-order chi connectivity index (χ1) is 17.5. The van der Waals surface area contributed by atoms with E-state index in [1.165, 1.54) is 0 Å². The summed E-state index contributed by atoms with van der Waals surface area (Å²) in [4.78, 5) is 27.2. The Morgan fingerprint density at radius 2 is 1.78 bits per heavy atom. The first-order valence-corrected chi connectivity index (χ1v) is 11.8. The summed E-state index contributed by atoms with van der Waals surface area (Å²) in [5, 5.41) is 2.92. The van der Waals surface area contributed by atoms with Gasteiger partial charge in [-0.15, -0.1) is 0 Å². The summed E-state index contributed by atoms with van der Waals surface area (Å²) < 4.78 is 22.2. The second kappa shape index (κ2) is 11.5. The van der Waals surface area contributed by atoms with E-state index in [-0.39, 0.29) is 18.2 Å². The molecule has 0 aliphatic carbocycles. The predicted molar refractivity (Wildman–Crippen MR) is 137 cm³/mol. The van der Waals surface area contributed by atoms with Crippen LogP contribution in [0.15, 0.2) is 66.7 Å². The quantitative estimate of drug-likeness (QED) is 0.451. The number of rotatable bonds is 10. The Balaban J connectivity index is 1.40. The van der Waals surface area contributed by atoms with Gasteiger partial charge in [0.1, 0.15) is 18.1 Å². The van der Waals surface area contributed by atoms with E-state index in [0.29, 0.717) is 48.2 Å². The van der Waals surface area contributed by atoms with E-state index in [9.17, 15) is 9.59 Å². The summed E-state index contributed by atoms with van der Waals surface area (Å²) in [6.45, 7) is 2.40. The fourth-order valence-electron chi connectivity index (χ4n) is 4.00. The molecule has 1 heterocycles. The number of anilines is 2. The molecule has 0 saturated heterocycles. The minimum Gasteiger partial charge on any atom is -0.493 e. The number of carbonyl (C=O) groups excluding carboxylic acids is 2. The van der Waals surface area contributed by atoms with Crippen molar-refractivity contribution in [2.24, 2.45) is 0 Å². The Bertz CT molecular complexity index is 1210. The van der Waals surface area contributed by atoms with Gasteiger partial charge in [-0.25, -0.2) is 0 Å². The maximum atomic E-state index is 12.9. The number of fused-ring (bicyclic) bond motifs is 1. The molecule has 0 saturated carbocycles. The summed E-state index contributed by atoms with van der Waals surface area (Å²) in [6.07, 6.45) is 0.225. The maximum absolute atomic E-state index is 12.9. The predicted octanol–water partition coefficient (Wildman–Crippen LogP) is 4.47. The molecule has 8 heteroatoms. The highest BCUT2D eigenvalue weighted by atomic mass is 16.5. The van der Waals surface area contributed by atoms with Crippen molar-refractivity contribution in [2.75, 3.05) is 37.6 Å². The van der Waals surface area contributed by atoms with Crippen molar-refractivity contribution in [2.45, 2.75) is 25.9 Å². The van der Waals surface area contributed by atoms with Crippen LogP contribution in [0.4, 0.5) is 11.4 Å². The number of aryl methyl sites for hydroxylation is 1. The van der Waals surface area contributed by atoms with Crippen molar-refractivity contribution in [3.05, 3.63) is 72.3 Å². The Labute approximate surface area is 210 Å². The third-order valence-corrected chi connectivity index (χ3v) is 5.87. The molecule has 188 valence electrons. The molecule has 3 aromatic carbocycles. The lowest BCUT2D eigenvalue weighted by Gasteiger charge is -2.33. The number of methoxy groups -OCH3 is 2.